The highest BCUT2D eigenvalue weighted by atomic mass is 16.5. The molecule has 0 heterocycles. The third kappa shape index (κ3) is 4.22. The molecule has 3 rings (SSSR count). The molecule has 0 radical (unpaired) electrons. The molecule has 2 aromatic rings. The zero-order valence-corrected chi connectivity index (χ0v) is 14.0. The highest BCUT2D eigenvalue weighted by molar-refractivity contribution is 5.14. The van der Waals surface area contributed by atoms with Crippen molar-refractivity contribution in [2.75, 3.05) is 7.05 Å². The minimum atomic E-state index is -0.570. The Labute approximate surface area is 143 Å². The van der Waals surface area contributed by atoms with Crippen LogP contribution in [0.25, 0.3) is 0 Å². The van der Waals surface area contributed by atoms with Crippen molar-refractivity contribution in [3.05, 3.63) is 71.8 Å². The van der Waals surface area contributed by atoms with Gasteiger partial charge in [0.1, 0.15) is 0 Å². The average molecular weight is 327 g/mol. The van der Waals surface area contributed by atoms with E-state index in [9.17, 15) is 5.11 Å². The fraction of sp³-hybridized carbons (Fsp3) is 0.400. The molecule has 0 spiro atoms. The van der Waals surface area contributed by atoms with E-state index in [2.05, 4.69) is 5.32 Å². The fourth-order valence-corrected chi connectivity index (χ4v) is 3.22. The van der Waals surface area contributed by atoms with Crippen LogP contribution < -0.4 is 5.32 Å². The van der Waals surface area contributed by atoms with Gasteiger partial charge in [-0.2, -0.15) is 0 Å². The number of benzene rings is 2. The number of nitrogens with one attached hydrogen (secondary N) is 1. The van der Waals surface area contributed by atoms with E-state index in [0.717, 1.165) is 11.1 Å². The van der Waals surface area contributed by atoms with Gasteiger partial charge in [-0.15, -0.1) is 0 Å². The maximum atomic E-state index is 10.5. The molecule has 4 atom stereocenters. The van der Waals surface area contributed by atoms with Gasteiger partial charge in [0.05, 0.1) is 37.6 Å². The second kappa shape index (κ2) is 8.40. The number of aliphatic hydroxyl groups is 1. The summed E-state index contributed by atoms with van der Waals surface area (Å²) in [6.45, 7) is 1.05. The summed E-state index contributed by atoms with van der Waals surface area (Å²) in [6.07, 6.45) is -0.166. The number of ether oxygens (including phenoxy) is 2. The van der Waals surface area contributed by atoms with E-state index in [0.29, 0.717) is 19.6 Å². The Bertz CT molecular complexity index is 605. The van der Waals surface area contributed by atoms with Gasteiger partial charge >= 0.3 is 0 Å². The Balaban J connectivity index is 1.55. The first-order valence-electron chi connectivity index (χ1n) is 8.44. The summed E-state index contributed by atoms with van der Waals surface area (Å²) >= 11 is 0. The number of aliphatic hydroxyl groups excluding tert-OH is 1. The van der Waals surface area contributed by atoms with Crippen molar-refractivity contribution in [3.8, 4) is 0 Å². The highest BCUT2D eigenvalue weighted by Crippen LogP contribution is 2.27. The molecule has 1 fully saturated rings. The summed E-state index contributed by atoms with van der Waals surface area (Å²) in [5, 5.41) is 13.7. The topological polar surface area (TPSA) is 50.7 Å². The second-order valence-corrected chi connectivity index (χ2v) is 6.21. The Morgan fingerprint density at radius 2 is 1.38 bits per heavy atom. The Morgan fingerprint density at radius 1 is 0.875 bits per heavy atom. The molecule has 1 aliphatic carbocycles. The number of hydrogen-bond donors (Lipinski definition) is 2. The van der Waals surface area contributed by atoms with Crippen molar-refractivity contribution in [1.29, 1.82) is 0 Å². The molecule has 4 unspecified atom stereocenters. The standard InChI is InChI=1S/C20H25NO3/c1-21-19-17(23-13-15-8-4-2-5-9-15)12-18(20(19)22)24-14-16-10-6-3-7-11-16/h2-11,17-22H,12-14H2,1H3. The van der Waals surface area contributed by atoms with Gasteiger partial charge in [-0.1, -0.05) is 60.7 Å². The monoisotopic (exact) mass is 327 g/mol. The molecule has 128 valence electrons. The summed E-state index contributed by atoms with van der Waals surface area (Å²) in [4.78, 5) is 0. The molecule has 0 aliphatic heterocycles. The van der Waals surface area contributed by atoms with Crippen LogP contribution in [0.5, 0.6) is 0 Å². The van der Waals surface area contributed by atoms with Crippen molar-refractivity contribution in [3.63, 3.8) is 0 Å². The fourth-order valence-electron chi connectivity index (χ4n) is 3.22. The average Bonchev–Trinajstić information content (AvgIpc) is 2.95. The quantitative estimate of drug-likeness (QED) is 0.820. The molecule has 2 aromatic carbocycles. The van der Waals surface area contributed by atoms with Crippen molar-refractivity contribution in [1.82, 2.24) is 5.32 Å². The van der Waals surface area contributed by atoms with Crippen molar-refractivity contribution >= 4 is 0 Å². The van der Waals surface area contributed by atoms with E-state index < -0.39 is 6.10 Å². The van der Waals surface area contributed by atoms with Crippen LogP contribution in [-0.4, -0.2) is 36.5 Å². The largest absolute Gasteiger partial charge is 0.389 e. The van der Waals surface area contributed by atoms with Crippen LogP contribution in [0.4, 0.5) is 0 Å². The molecule has 0 amide bonds. The van der Waals surface area contributed by atoms with E-state index in [1.807, 2.05) is 67.7 Å². The molecular formula is C20H25NO3. The van der Waals surface area contributed by atoms with Crippen LogP contribution in [0.1, 0.15) is 17.5 Å². The summed E-state index contributed by atoms with van der Waals surface area (Å²) < 4.78 is 12.0. The normalized spacial score (nSPS) is 26.6. The highest BCUT2D eigenvalue weighted by Gasteiger charge is 2.43. The van der Waals surface area contributed by atoms with Gasteiger partial charge in [0.2, 0.25) is 0 Å². The predicted molar refractivity (Wildman–Crippen MR) is 93.5 cm³/mol. The number of likely N-dealkylation sites (N-methyl/N-ethyl adjacent to an activating group) is 1. The first-order valence-corrected chi connectivity index (χ1v) is 8.44. The molecule has 2 N–H and O–H groups in total. The Morgan fingerprint density at radius 3 is 1.88 bits per heavy atom. The Kier molecular flexibility index (Phi) is 5.99. The number of rotatable bonds is 7. The van der Waals surface area contributed by atoms with Gasteiger partial charge in [-0.25, -0.2) is 0 Å². The van der Waals surface area contributed by atoms with Gasteiger partial charge in [0, 0.05) is 6.42 Å². The summed E-state index contributed by atoms with van der Waals surface area (Å²) in [5.41, 5.74) is 2.25. The molecule has 4 heteroatoms. The van der Waals surface area contributed by atoms with Crippen LogP contribution in [-0.2, 0) is 22.7 Å². The summed E-state index contributed by atoms with van der Waals surface area (Å²) in [5.74, 6) is 0. The lowest BCUT2D eigenvalue weighted by atomic mass is 10.2. The van der Waals surface area contributed by atoms with E-state index in [-0.39, 0.29) is 18.2 Å². The van der Waals surface area contributed by atoms with Crippen LogP contribution in [0.2, 0.25) is 0 Å². The lowest BCUT2D eigenvalue weighted by Gasteiger charge is -2.22. The zero-order chi connectivity index (χ0) is 16.8. The summed E-state index contributed by atoms with van der Waals surface area (Å²) in [7, 11) is 1.85. The predicted octanol–water partition coefficient (Wildman–Crippen LogP) is 2.51. The summed E-state index contributed by atoms with van der Waals surface area (Å²) in [6, 6.07) is 20.0. The first kappa shape index (κ1) is 17.1. The van der Waals surface area contributed by atoms with Gasteiger partial charge in [-0.3, -0.25) is 0 Å². The smallest absolute Gasteiger partial charge is 0.0980 e. The second-order valence-electron chi connectivity index (χ2n) is 6.21. The number of hydrogen-bond acceptors (Lipinski definition) is 4. The van der Waals surface area contributed by atoms with Crippen molar-refractivity contribution in [2.45, 2.75) is 44.0 Å². The Hall–Kier alpha value is -1.72. The minimum absolute atomic E-state index is 0.0639. The van der Waals surface area contributed by atoms with Crippen LogP contribution >= 0.6 is 0 Å². The van der Waals surface area contributed by atoms with Gasteiger partial charge in [-0.05, 0) is 18.2 Å². The maximum Gasteiger partial charge on any atom is 0.0980 e. The third-order valence-corrected chi connectivity index (χ3v) is 4.56. The van der Waals surface area contributed by atoms with E-state index in [1.54, 1.807) is 0 Å². The van der Waals surface area contributed by atoms with Gasteiger partial charge in [0.25, 0.3) is 0 Å². The molecular weight excluding hydrogens is 302 g/mol. The molecule has 0 saturated heterocycles. The maximum absolute atomic E-state index is 10.5. The van der Waals surface area contributed by atoms with E-state index >= 15 is 0 Å². The third-order valence-electron chi connectivity index (χ3n) is 4.56. The zero-order valence-electron chi connectivity index (χ0n) is 14.0. The van der Waals surface area contributed by atoms with E-state index in [1.165, 1.54) is 0 Å². The van der Waals surface area contributed by atoms with Gasteiger partial charge < -0.3 is 19.9 Å². The molecule has 1 aliphatic rings. The molecule has 4 nitrogen and oxygen atoms in total. The molecule has 24 heavy (non-hydrogen) atoms. The lowest BCUT2D eigenvalue weighted by Crippen LogP contribution is -2.44. The van der Waals surface area contributed by atoms with Gasteiger partial charge in [0.15, 0.2) is 0 Å². The van der Waals surface area contributed by atoms with Crippen molar-refractivity contribution < 1.29 is 14.6 Å². The molecule has 0 aromatic heterocycles. The molecule has 1 saturated carbocycles. The first-order chi connectivity index (χ1) is 11.8. The van der Waals surface area contributed by atoms with Crippen LogP contribution in [0, 0.1) is 0 Å². The van der Waals surface area contributed by atoms with E-state index in [4.69, 9.17) is 9.47 Å². The molecule has 0 bridgehead atoms. The van der Waals surface area contributed by atoms with Crippen LogP contribution in [0.15, 0.2) is 60.7 Å². The van der Waals surface area contributed by atoms with Crippen molar-refractivity contribution in [2.24, 2.45) is 0 Å². The minimum Gasteiger partial charge on any atom is -0.389 e. The SMILES string of the molecule is CNC1C(OCc2ccccc2)CC(OCc2ccccc2)C1O. The van der Waals surface area contributed by atoms with Crippen LogP contribution in [0.3, 0.4) is 0 Å². The lowest BCUT2D eigenvalue weighted by molar-refractivity contribution is -0.0338.